The van der Waals surface area contributed by atoms with E-state index in [-0.39, 0.29) is 5.60 Å². The van der Waals surface area contributed by atoms with Gasteiger partial charge in [0.15, 0.2) is 0 Å². The van der Waals surface area contributed by atoms with E-state index in [4.69, 9.17) is 4.74 Å². The molecule has 0 unspecified atom stereocenters. The number of hydrogen-bond acceptors (Lipinski definition) is 2. The first-order valence-electron chi connectivity index (χ1n) is 8.01. The molecule has 0 radical (unpaired) electrons. The fourth-order valence-electron chi connectivity index (χ4n) is 6.45. The lowest BCUT2D eigenvalue weighted by molar-refractivity contribution is -0.203. The van der Waals surface area contributed by atoms with Crippen molar-refractivity contribution in [2.75, 3.05) is 20.2 Å². The Kier molecular flexibility index (Phi) is 2.58. The molecular formula is C16H27NO. The van der Waals surface area contributed by atoms with Crippen molar-refractivity contribution in [2.24, 2.45) is 23.2 Å². The van der Waals surface area contributed by atoms with Crippen LogP contribution >= 0.6 is 0 Å². The summed E-state index contributed by atoms with van der Waals surface area (Å²) in [4.78, 5) is 0. The second-order valence-electron chi connectivity index (χ2n) is 7.65. The van der Waals surface area contributed by atoms with Crippen molar-refractivity contribution < 1.29 is 4.74 Å². The minimum atomic E-state index is 0.217. The van der Waals surface area contributed by atoms with E-state index in [0.717, 1.165) is 30.8 Å². The van der Waals surface area contributed by atoms with E-state index < -0.39 is 0 Å². The molecule has 102 valence electrons. The van der Waals surface area contributed by atoms with Gasteiger partial charge in [-0.05, 0) is 82.2 Å². The van der Waals surface area contributed by atoms with Crippen LogP contribution in [0.1, 0.15) is 51.4 Å². The van der Waals surface area contributed by atoms with Gasteiger partial charge in [0.05, 0.1) is 5.60 Å². The lowest BCUT2D eigenvalue weighted by Gasteiger charge is -2.64. The Labute approximate surface area is 111 Å². The van der Waals surface area contributed by atoms with Crippen molar-refractivity contribution >= 4 is 0 Å². The number of ether oxygens (including phenoxy) is 1. The molecule has 0 aromatic carbocycles. The third-order valence-corrected chi connectivity index (χ3v) is 6.81. The van der Waals surface area contributed by atoms with E-state index >= 15 is 0 Å². The van der Waals surface area contributed by atoms with Gasteiger partial charge in [-0.2, -0.15) is 0 Å². The van der Waals surface area contributed by atoms with E-state index in [1.807, 2.05) is 7.11 Å². The van der Waals surface area contributed by atoms with Gasteiger partial charge in [-0.25, -0.2) is 0 Å². The predicted molar refractivity (Wildman–Crippen MR) is 72.4 cm³/mol. The van der Waals surface area contributed by atoms with Crippen molar-refractivity contribution in [1.29, 1.82) is 0 Å². The summed E-state index contributed by atoms with van der Waals surface area (Å²) in [6, 6.07) is 0. The van der Waals surface area contributed by atoms with Crippen molar-refractivity contribution in [3.63, 3.8) is 0 Å². The van der Waals surface area contributed by atoms with Crippen molar-refractivity contribution in [1.82, 2.24) is 5.32 Å². The summed E-state index contributed by atoms with van der Waals surface area (Å²) in [5, 5.41) is 3.53. The molecule has 4 aliphatic carbocycles. The minimum Gasteiger partial charge on any atom is -0.378 e. The van der Waals surface area contributed by atoms with Crippen LogP contribution < -0.4 is 5.32 Å². The average Bonchev–Trinajstić information content (AvgIpc) is 2.38. The van der Waals surface area contributed by atoms with Crippen LogP contribution in [0.5, 0.6) is 0 Å². The highest BCUT2D eigenvalue weighted by molar-refractivity contribution is 5.11. The third kappa shape index (κ3) is 1.48. The Hall–Kier alpha value is -0.0800. The van der Waals surface area contributed by atoms with Crippen LogP contribution in [0.3, 0.4) is 0 Å². The summed E-state index contributed by atoms with van der Waals surface area (Å²) in [7, 11) is 1.99. The average molecular weight is 249 g/mol. The number of nitrogens with one attached hydrogen (secondary N) is 1. The summed E-state index contributed by atoms with van der Waals surface area (Å²) in [5.74, 6) is 3.12. The molecule has 5 aliphatic rings. The maximum Gasteiger partial charge on any atom is 0.0759 e. The third-order valence-electron chi connectivity index (χ3n) is 6.81. The van der Waals surface area contributed by atoms with E-state index in [1.54, 1.807) is 0 Å². The molecule has 18 heavy (non-hydrogen) atoms. The molecule has 0 aromatic rings. The molecule has 0 amide bonds. The van der Waals surface area contributed by atoms with Gasteiger partial charge >= 0.3 is 0 Å². The Balaban J connectivity index is 1.69. The van der Waals surface area contributed by atoms with Crippen LogP contribution in [0, 0.1) is 23.2 Å². The lowest BCUT2D eigenvalue weighted by atomic mass is 9.44. The van der Waals surface area contributed by atoms with Crippen LogP contribution in [0.4, 0.5) is 0 Å². The number of piperidine rings is 1. The van der Waals surface area contributed by atoms with Crippen LogP contribution in [-0.4, -0.2) is 25.8 Å². The van der Waals surface area contributed by atoms with Gasteiger partial charge in [-0.15, -0.1) is 0 Å². The van der Waals surface area contributed by atoms with E-state index in [9.17, 15) is 0 Å². The molecule has 1 aliphatic heterocycles. The smallest absolute Gasteiger partial charge is 0.0759 e. The quantitative estimate of drug-likeness (QED) is 0.812. The van der Waals surface area contributed by atoms with Gasteiger partial charge in [0.25, 0.3) is 0 Å². The van der Waals surface area contributed by atoms with Crippen molar-refractivity contribution in [3.8, 4) is 0 Å². The zero-order chi connectivity index (χ0) is 12.2. The summed E-state index contributed by atoms with van der Waals surface area (Å²) < 4.78 is 6.22. The molecule has 5 fully saturated rings. The van der Waals surface area contributed by atoms with Crippen LogP contribution in [0.2, 0.25) is 0 Å². The molecule has 0 aromatic heterocycles. The van der Waals surface area contributed by atoms with Crippen LogP contribution in [0.25, 0.3) is 0 Å². The van der Waals surface area contributed by atoms with E-state index in [2.05, 4.69) is 5.32 Å². The second kappa shape index (κ2) is 3.96. The molecular weight excluding hydrogens is 222 g/mol. The number of methoxy groups -OCH3 is 1. The highest BCUT2D eigenvalue weighted by Gasteiger charge is 2.60. The number of hydrogen-bond donors (Lipinski definition) is 1. The van der Waals surface area contributed by atoms with E-state index in [1.165, 1.54) is 51.4 Å². The normalized spacial score (nSPS) is 49.5. The predicted octanol–water partition coefficient (Wildman–Crippen LogP) is 2.97. The maximum absolute atomic E-state index is 6.22. The SMILES string of the molecule is COC1(C23CC4CC(CC(C4)C2)C3)CCNCC1. The maximum atomic E-state index is 6.22. The zero-order valence-electron chi connectivity index (χ0n) is 11.7. The highest BCUT2D eigenvalue weighted by atomic mass is 16.5. The highest BCUT2D eigenvalue weighted by Crippen LogP contribution is 2.65. The van der Waals surface area contributed by atoms with Gasteiger partial charge in [0.1, 0.15) is 0 Å². The van der Waals surface area contributed by atoms with Gasteiger partial charge < -0.3 is 10.1 Å². The second-order valence-corrected chi connectivity index (χ2v) is 7.65. The molecule has 4 bridgehead atoms. The minimum absolute atomic E-state index is 0.217. The molecule has 2 heteroatoms. The van der Waals surface area contributed by atoms with E-state index in [0.29, 0.717) is 5.41 Å². The first-order valence-corrected chi connectivity index (χ1v) is 8.01. The molecule has 0 spiro atoms. The molecule has 1 heterocycles. The Bertz CT molecular complexity index is 297. The Morgan fingerprint density at radius 1 is 0.889 bits per heavy atom. The van der Waals surface area contributed by atoms with Gasteiger partial charge in [0, 0.05) is 12.5 Å². The van der Waals surface area contributed by atoms with Gasteiger partial charge in [-0.1, -0.05) is 0 Å². The van der Waals surface area contributed by atoms with Crippen LogP contribution in [0.15, 0.2) is 0 Å². The summed E-state index contributed by atoms with van der Waals surface area (Å²) in [6.07, 6.45) is 11.5. The van der Waals surface area contributed by atoms with Gasteiger partial charge in [0.2, 0.25) is 0 Å². The number of rotatable bonds is 2. The standard InChI is InChI=1S/C16H27NO/c1-18-16(2-4-17-5-3-16)15-9-12-6-13(10-15)8-14(7-12)11-15/h12-14,17H,2-11H2,1H3. The van der Waals surface area contributed by atoms with Crippen LogP contribution in [-0.2, 0) is 4.74 Å². The van der Waals surface area contributed by atoms with Crippen molar-refractivity contribution in [3.05, 3.63) is 0 Å². The molecule has 0 atom stereocenters. The largest absolute Gasteiger partial charge is 0.378 e. The molecule has 5 rings (SSSR count). The lowest BCUT2D eigenvalue weighted by Crippen LogP contribution is -2.62. The first-order chi connectivity index (χ1) is 8.75. The monoisotopic (exact) mass is 249 g/mol. The summed E-state index contributed by atoms with van der Waals surface area (Å²) >= 11 is 0. The fourth-order valence-corrected chi connectivity index (χ4v) is 6.45. The zero-order valence-corrected chi connectivity index (χ0v) is 11.7. The topological polar surface area (TPSA) is 21.3 Å². The Morgan fingerprint density at radius 3 is 1.83 bits per heavy atom. The summed E-state index contributed by atoms with van der Waals surface area (Å²) in [6.45, 7) is 2.32. The molecule has 1 N–H and O–H groups in total. The van der Waals surface area contributed by atoms with Crippen molar-refractivity contribution in [2.45, 2.75) is 57.0 Å². The molecule has 1 saturated heterocycles. The molecule has 4 saturated carbocycles. The summed E-state index contributed by atoms with van der Waals surface area (Å²) in [5.41, 5.74) is 0.771. The molecule has 2 nitrogen and oxygen atoms in total. The van der Waals surface area contributed by atoms with Gasteiger partial charge in [-0.3, -0.25) is 0 Å². The first kappa shape index (κ1) is 11.7. The fraction of sp³-hybridized carbons (Fsp3) is 1.00. The Morgan fingerprint density at radius 2 is 1.39 bits per heavy atom.